The van der Waals surface area contributed by atoms with Crippen LogP contribution in [0.15, 0.2) is 76.6 Å². The summed E-state index contributed by atoms with van der Waals surface area (Å²) in [5, 5.41) is 23.0. The molecule has 0 aliphatic heterocycles. The number of hydrogen-bond donors (Lipinski definition) is 2. The zero-order valence-electron chi connectivity index (χ0n) is 17.3. The van der Waals surface area contributed by atoms with Crippen LogP contribution in [0.25, 0.3) is 5.76 Å². The summed E-state index contributed by atoms with van der Waals surface area (Å²) in [4.78, 5) is 24.9. The number of halogens is 1. The average molecular weight is 470 g/mol. The minimum Gasteiger partial charge on any atom is -0.504 e. The lowest BCUT2D eigenvalue weighted by molar-refractivity contribution is -0.138. The van der Waals surface area contributed by atoms with Crippen molar-refractivity contribution in [3.05, 3.63) is 81.8 Å². The molecular weight excluding hydrogens is 450 g/mol. The smallest absolute Gasteiger partial charge is 0.362 e. The van der Waals surface area contributed by atoms with Crippen LogP contribution < -0.4 is 5.32 Å². The number of para-hydroxylation sites is 1. The summed E-state index contributed by atoms with van der Waals surface area (Å²) in [6.45, 7) is 3.16. The van der Waals surface area contributed by atoms with Crippen LogP contribution in [-0.4, -0.2) is 23.5 Å². The SMILES string of the molecule is CCOC(=O)/C(N=Nc1ccc(Cl)cc1)=C(\O)c1cc(C(C)=O)c(Nc2ccccc2)s1. The first-order chi connectivity index (χ1) is 15.4. The van der Waals surface area contributed by atoms with Crippen molar-refractivity contribution < 1.29 is 19.4 Å². The molecule has 0 saturated carbocycles. The molecule has 0 atom stereocenters. The number of anilines is 2. The zero-order valence-corrected chi connectivity index (χ0v) is 18.9. The molecule has 2 N–H and O–H groups in total. The monoisotopic (exact) mass is 469 g/mol. The third kappa shape index (κ3) is 5.81. The van der Waals surface area contributed by atoms with Crippen molar-refractivity contribution in [3.63, 3.8) is 0 Å². The number of rotatable bonds is 8. The standard InChI is InChI=1S/C23H20ClN3O4S/c1-3-31-23(30)20(27-26-17-11-9-15(24)10-12-17)21(29)19-13-18(14(2)28)22(32-19)25-16-7-5-4-6-8-16/h4-13,25,29H,3H2,1-2H3/b21-20+,27-26?. The van der Waals surface area contributed by atoms with Gasteiger partial charge in [-0.2, -0.15) is 5.11 Å². The Morgan fingerprint density at radius 1 is 1.12 bits per heavy atom. The molecule has 3 aromatic rings. The normalized spacial score (nSPS) is 11.8. The van der Waals surface area contributed by atoms with Crippen LogP contribution in [0.5, 0.6) is 0 Å². The summed E-state index contributed by atoms with van der Waals surface area (Å²) in [6.07, 6.45) is 0. The zero-order chi connectivity index (χ0) is 23.1. The van der Waals surface area contributed by atoms with E-state index in [1.54, 1.807) is 31.2 Å². The van der Waals surface area contributed by atoms with Gasteiger partial charge in [-0.25, -0.2) is 4.79 Å². The van der Waals surface area contributed by atoms with Gasteiger partial charge in [0.25, 0.3) is 0 Å². The van der Waals surface area contributed by atoms with Crippen molar-refractivity contribution in [3.8, 4) is 0 Å². The molecule has 7 nitrogen and oxygen atoms in total. The van der Waals surface area contributed by atoms with Gasteiger partial charge in [-0.3, -0.25) is 4.79 Å². The number of nitrogens with one attached hydrogen (secondary N) is 1. The Hall–Kier alpha value is -3.49. The number of esters is 1. The minimum atomic E-state index is -0.835. The molecule has 0 spiro atoms. The number of Topliss-reactive ketones (excluding diaryl/α,β-unsaturated/α-hetero) is 1. The van der Waals surface area contributed by atoms with Gasteiger partial charge in [-0.05, 0) is 56.3 Å². The molecule has 0 radical (unpaired) electrons. The van der Waals surface area contributed by atoms with Gasteiger partial charge in [-0.15, -0.1) is 16.5 Å². The van der Waals surface area contributed by atoms with Crippen molar-refractivity contribution >= 4 is 56.8 Å². The van der Waals surface area contributed by atoms with E-state index in [0.717, 1.165) is 17.0 Å². The van der Waals surface area contributed by atoms with Crippen molar-refractivity contribution in [2.24, 2.45) is 10.2 Å². The molecule has 0 unspecified atom stereocenters. The van der Waals surface area contributed by atoms with Gasteiger partial charge in [0.1, 0.15) is 5.00 Å². The van der Waals surface area contributed by atoms with Crippen LogP contribution in [0, 0.1) is 0 Å². The van der Waals surface area contributed by atoms with Crippen LogP contribution >= 0.6 is 22.9 Å². The predicted molar refractivity (Wildman–Crippen MR) is 126 cm³/mol. The molecule has 32 heavy (non-hydrogen) atoms. The first kappa shape index (κ1) is 23.2. The summed E-state index contributed by atoms with van der Waals surface area (Å²) in [6, 6.07) is 17.3. The first-order valence-electron chi connectivity index (χ1n) is 9.64. The largest absolute Gasteiger partial charge is 0.504 e. The number of nitrogens with zero attached hydrogens (tertiary/aromatic N) is 2. The Balaban J connectivity index is 2.02. The minimum absolute atomic E-state index is 0.0933. The molecule has 1 aromatic heterocycles. The molecule has 3 rings (SSSR count). The number of aliphatic hydroxyl groups excluding tert-OH is 1. The number of thiophene rings is 1. The average Bonchev–Trinajstić information content (AvgIpc) is 3.20. The van der Waals surface area contributed by atoms with E-state index in [2.05, 4.69) is 15.5 Å². The molecule has 0 bridgehead atoms. The quantitative estimate of drug-likeness (QED) is 0.122. The number of carbonyl (C=O) groups is 2. The number of hydrogen-bond acceptors (Lipinski definition) is 8. The fourth-order valence-electron chi connectivity index (χ4n) is 2.63. The molecule has 164 valence electrons. The van der Waals surface area contributed by atoms with Gasteiger partial charge in [0.2, 0.25) is 5.70 Å². The van der Waals surface area contributed by atoms with Crippen LogP contribution in [0.3, 0.4) is 0 Å². The second-order valence-corrected chi connectivity index (χ2v) is 7.98. The van der Waals surface area contributed by atoms with E-state index in [4.69, 9.17) is 16.3 Å². The van der Waals surface area contributed by atoms with Crippen molar-refractivity contribution in [2.75, 3.05) is 11.9 Å². The maximum atomic E-state index is 12.5. The highest BCUT2D eigenvalue weighted by molar-refractivity contribution is 7.17. The summed E-state index contributed by atoms with van der Waals surface area (Å²) in [5.74, 6) is -1.47. The molecule has 0 amide bonds. The van der Waals surface area contributed by atoms with Gasteiger partial charge in [0.15, 0.2) is 11.5 Å². The number of ether oxygens (including phenoxy) is 1. The maximum Gasteiger partial charge on any atom is 0.362 e. The second kappa shape index (κ2) is 10.7. The van der Waals surface area contributed by atoms with Gasteiger partial charge >= 0.3 is 5.97 Å². The van der Waals surface area contributed by atoms with Crippen LogP contribution in [-0.2, 0) is 9.53 Å². The molecule has 9 heteroatoms. The number of azo groups is 1. The number of carbonyl (C=O) groups excluding carboxylic acids is 2. The fraction of sp³-hybridized carbons (Fsp3) is 0.130. The van der Waals surface area contributed by atoms with Crippen molar-refractivity contribution in [1.29, 1.82) is 0 Å². The highest BCUT2D eigenvalue weighted by atomic mass is 35.5. The molecule has 0 fully saturated rings. The predicted octanol–water partition coefficient (Wildman–Crippen LogP) is 6.92. The van der Waals surface area contributed by atoms with Gasteiger partial charge in [-0.1, -0.05) is 29.8 Å². The van der Waals surface area contributed by atoms with Gasteiger partial charge in [0.05, 0.1) is 22.7 Å². The molecular formula is C23H20ClN3O4S. The third-order valence-corrected chi connectivity index (χ3v) is 5.47. The number of ketones is 1. The van der Waals surface area contributed by atoms with Crippen LogP contribution in [0.4, 0.5) is 16.4 Å². The van der Waals surface area contributed by atoms with Crippen LogP contribution in [0.1, 0.15) is 29.1 Å². The Bertz CT molecular complexity index is 1170. The molecule has 0 saturated heterocycles. The lowest BCUT2D eigenvalue weighted by atomic mass is 10.2. The summed E-state index contributed by atoms with van der Waals surface area (Å²) >= 11 is 6.98. The Labute approximate surface area is 194 Å². The molecule has 1 heterocycles. The van der Waals surface area contributed by atoms with E-state index in [0.29, 0.717) is 21.3 Å². The summed E-state index contributed by atoms with van der Waals surface area (Å²) in [7, 11) is 0. The summed E-state index contributed by atoms with van der Waals surface area (Å²) < 4.78 is 5.02. The molecule has 0 aliphatic carbocycles. The second-order valence-electron chi connectivity index (χ2n) is 6.49. The van der Waals surface area contributed by atoms with E-state index in [1.165, 1.54) is 13.0 Å². The topological polar surface area (TPSA) is 100 Å². The van der Waals surface area contributed by atoms with E-state index >= 15 is 0 Å². The van der Waals surface area contributed by atoms with Crippen molar-refractivity contribution in [1.82, 2.24) is 0 Å². The molecule has 2 aromatic carbocycles. The first-order valence-corrected chi connectivity index (χ1v) is 10.8. The Kier molecular flexibility index (Phi) is 7.75. The van der Waals surface area contributed by atoms with E-state index in [1.807, 2.05) is 30.3 Å². The van der Waals surface area contributed by atoms with Crippen LogP contribution in [0.2, 0.25) is 5.02 Å². The molecule has 0 aliphatic rings. The van der Waals surface area contributed by atoms with Gasteiger partial charge in [0, 0.05) is 10.7 Å². The van der Waals surface area contributed by atoms with E-state index in [-0.39, 0.29) is 23.0 Å². The highest BCUT2D eigenvalue weighted by Crippen LogP contribution is 2.36. The van der Waals surface area contributed by atoms with E-state index in [9.17, 15) is 14.7 Å². The van der Waals surface area contributed by atoms with Crippen molar-refractivity contribution in [2.45, 2.75) is 13.8 Å². The fourth-order valence-corrected chi connectivity index (χ4v) is 3.83. The number of aliphatic hydroxyl groups is 1. The maximum absolute atomic E-state index is 12.5. The lowest BCUT2D eigenvalue weighted by Gasteiger charge is -2.05. The third-order valence-electron chi connectivity index (χ3n) is 4.16. The summed E-state index contributed by atoms with van der Waals surface area (Å²) in [5.41, 5.74) is 1.22. The highest BCUT2D eigenvalue weighted by Gasteiger charge is 2.22. The van der Waals surface area contributed by atoms with Gasteiger partial charge < -0.3 is 15.2 Å². The Morgan fingerprint density at radius 3 is 2.44 bits per heavy atom. The number of benzene rings is 2. The lowest BCUT2D eigenvalue weighted by Crippen LogP contribution is -2.08. The Morgan fingerprint density at radius 2 is 1.81 bits per heavy atom. The van der Waals surface area contributed by atoms with E-state index < -0.39 is 11.7 Å².